The fourth-order valence-corrected chi connectivity index (χ4v) is 11.1. The van der Waals surface area contributed by atoms with Gasteiger partial charge in [0.1, 0.15) is 41.8 Å². The van der Waals surface area contributed by atoms with Crippen LogP contribution in [0.25, 0.3) is 0 Å². The van der Waals surface area contributed by atoms with Crippen LogP contribution < -0.4 is 49.3 Å². The van der Waals surface area contributed by atoms with Gasteiger partial charge in [-0.05, 0) is 42.8 Å². The lowest BCUT2D eigenvalue weighted by atomic mass is 10.1. The fraction of sp³-hybridized carbons (Fsp3) is 0.333. The van der Waals surface area contributed by atoms with Gasteiger partial charge in [-0.15, -0.1) is 11.8 Å². The van der Waals surface area contributed by atoms with Crippen molar-refractivity contribution in [3.63, 3.8) is 0 Å². The number of nitrogens with one attached hydrogen (secondary N) is 2. The number of hydrogen-bond donors (Lipinski definition) is 3. The molecule has 4 amide bonds. The molecule has 1 fully saturated rings. The lowest BCUT2D eigenvalue weighted by Gasteiger charge is -2.29. The molecule has 272 valence electrons. The van der Waals surface area contributed by atoms with Crippen LogP contribution in [0.3, 0.4) is 0 Å². The number of esters is 2. The molecule has 4 N–H and O–H groups in total. The van der Waals surface area contributed by atoms with Crippen LogP contribution in [0.2, 0.25) is 0 Å². The quantitative estimate of drug-likeness (QED) is 0.0780. The Balaban J connectivity index is 0.00000702. The number of thioether (sulfide) groups is 1. The van der Waals surface area contributed by atoms with Gasteiger partial charge < -0.3 is 42.8 Å². The molecule has 1 aliphatic rings. The third-order valence-electron chi connectivity index (χ3n) is 8.39. The van der Waals surface area contributed by atoms with E-state index in [0.29, 0.717) is 6.16 Å². The first-order chi connectivity index (χ1) is 24.1. The highest BCUT2D eigenvalue weighted by atomic mass is 79.9. The van der Waals surface area contributed by atoms with E-state index in [2.05, 4.69) is 56.5 Å². The van der Waals surface area contributed by atoms with Gasteiger partial charge in [0.05, 0.1) is 32.2 Å². The predicted molar refractivity (Wildman–Crippen MR) is 194 cm³/mol. The summed E-state index contributed by atoms with van der Waals surface area (Å²) in [6.45, 7) is -0.231. The average Bonchev–Trinajstić information content (AvgIpc) is 3.43. The minimum atomic E-state index is -2.31. The third-order valence-corrected chi connectivity index (χ3v) is 14.1. The van der Waals surface area contributed by atoms with Gasteiger partial charge in [0.15, 0.2) is 0 Å². The van der Waals surface area contributed by atoms with Gasteiger partial charge in [0, 0.05) is 18.6 Å². The molecule has 3 atom stereocenters. The van der Waals surface area contributed by atoms with E-state index in [-0.39, 0.29) is 60.4 Å². The highest BCUT2D eigenvalue weighted by molar-refractivity contribution is 8.00. The molecule has 0 saturated carbocycles. The number of amides is 4. The van der Waals surface area contributed by atoms with Crippen LogP contribution in [0.1, 0.15) is 19.3 Å². The topological polar surface area (TPSA) is 174 Å². The molecule has 15 heteroatoms. The number of halogens is 1. The molecule has 12 nitrogen and oxygen atoms in total. The van der Waals surface area contributed by atoms with Crippen LogP contribution in [-0.2, 0) is 38.2 Å². The standard InChI is InChI=1S/C36H41N4O8PS.BrH/c1-47-33(43)23-38-34(44)29(39-31(41)19-18-28(37)36(46)48-2)24-50-30-22-32(42)40(35(30)45)20-21-49(25-12-6-3-7-13-25,26-14-8-4-9-15-26)27-16-10-5-11-17-27;/h3-17,28-30H,18-24,37H2,1-2H3,(H-,38,39,41,44);1H. The number of carbonyl (C=O) groups excluding carboxylic acids is 6. The van der Waals surface area contributed by atoms with Crippen LogP contribution >= 0.6 is 19.0 Å². The van der Waals surface area contributed by atoms with Crippen molar-refractivity contribution in [2.45, 2.75) is 36.6 Å². The molecule has 0 radical (unpaired) electrons. The summed E-state index contributed by atoms with van der Waals surface area (Å²) in [5, 5.41) is 7.63. The number of nitrogens with zero attached hydrogens (tertiary/aromatic N) is 1. The zero-order valence-corrected chi connectivity index (χ0v) is 31.7. The van der Waals surface area contributed by atoms with Crippen LogP contribution in [0.15, 0.2) is 91.0 Å². The number of rotatable bonds is 17. The molecule has 3 aromatic rings. The van der Waals surface area contributed by atoms with Crippen molar-refractivity contribution in [2.75, 3.05) is 39.2 Å². The Morgan fingerprint density at radius 3 is 1.90 bits per heavy atom. The number of methoxy groups -OCH3 is 2. The van der Waals surface area contributed by atoms with Crippen molar-refractivity contribution in [1.29, 1.82) is 0 Å². The Kier molecular flexibility index (Phi) is 16.3. The van der Waals surface area contributed by atoms with Crippen molar-refractivity contribution in [3.05, 3.63) is 91.0 Å². The molecule has 0 aliphatic carbocycles. The van der Waals surface area contributed by atoms with E-state index < -0.39 is 54.9 Å². The van der Waals surface area contributed by atoms with Gasteiger partial charge in [-0.2, -0.15) is 0 Å². The minimum absolute atomic E-state index is 0. The predicted octanol–water partition coefficient (Wildman–Crippen LogP) is -2.10. The van der Waals surface area contributed by atoms with E-state index >= 15 is 0 Å². The number of imide groups is 1. The second kappa shape index (κ2) is 20.1. The van der Waals surface area contributed by atoms with Crippen molar-refractivity contribution < 1.29 is 55.2 Å². The highest BCUT2D eigenvalue weighted by Crippen LogP contribution is 2.55. The molecular weight excluding hydrogens is 759 g/mol. The number of likely N-dealkylation sites (tertiary alicyclic amines) is 1. The first-order valence-electron chi connectivity index (χ1n) is 16.1. The van der Waals surface area contributed by atoms with Crippen molar-refractivity contribution in [1.82, 2.24) is 15.5 Å². The summed E-state index contributed by atoms with van der Waals surface area (Å²) in [6, 6.07) is 28.3. The van der Waals surface area contributed by atoms with Crippen LogP contribution in [0.5, 0.6) is 0 Å². The molecule has 1 aliphatic heterocycles. The van der Waals surface area contributed by atoms with E-state index in [1.54, 1.807) is 0 Å². The van der Waals surface area contributed by atoms with Gasteiger partial charge in [-0.3, -0.25) is 33.7 Å². The van der Waals surface area contributed by atoms with Crippen molar-refractivity contribution in [3.8, 4) is 0 Å². The highest BCUT2D eigenvalue weighted by Gasteiger charge is 2.48. The maximum Gasteiger partial charge on any atom is 0.325 e. The monoisotopic (exact) mass is 800 g/mol. The summed E-state index contributed by atoms with van der Waals surface area (Å²) in [4.78, 5) is 77.5. The lowest BCUT2D eigenvalue weighted by molar-refractivity contribution is -0.142. The van der Waals surface area contributed by atoms with E-state index in [1.807, 2.05) is 54.6 Å². The zero-order chi connectivity index (χ0) is 36.1. The Hall–Kier alpha value is -4.10. The fourth-order valence-electron chi connectivity index (χ4n) is 5.72. The van der Waals surface area contributed by atoms with E-state index in [1.165, 1.54) is 19.1 Å². The molecule has 1 heterocycles. The molecule has 0 aromatic heterocycles. The summed E-state index contributed by atoms with van der Waals surface area (Å²) in [5.74, 6) is -3.34. The Bertz CT molecular complexity index is 1560. The normalized spacial score (nSPS) is 15.3. The van der Waals surface area contributed by atoms with Crippen LogP contribution in [-0.4, -0.2) is 97.0 Å². The molecule has 3 unspecified atom stereocenters. The second-order valence-corrected chi connectivity index (χ2v) is 16.4. The molecule has 3 aromatic carbocycles. The van der Waals surface area contributed by atoms with Gasteiger partial charge in [-0.1, -0.05) is 54.6 Å². The minimum Gasteiger partial charge on any atom is -1.00 e. The zero-order valence-electron chi connectivity index (χ0n) is 28.4. The largest absolute Gasteiger partial charge is 1.00 e. The van der Waals surface area contributed by atoms with E-state index in [0.717, 1.165) is 27.7 Å². The molecule has 0 bridgehead atoms. The Morgan fingerprint density at radius 2 is 1.41 bits per heavy atom. The number of nitrogens with two attached hydrogens (primary N) is 1. The third kappa shape index (κ3) is 10.7. The maximum atomic E-state index is 13.8. The number of hydrogen-bond acceptors (Lipinski definition) is 10. The maximum absolute atomic E-state index is 13.8. The smallest absolute Gasteiger partial charge is 0.325 e. The molecule has 4 rings (SSSR count). The van der Waals surface area contributed by atoms with Crippen LogP contribution in [0, 0.1) is 0 Å². The Labute approximate surface area is 312 Å². The lowest BCUT2D eigenvalue weighted by Crippen LogP contribution is -3.00. The van der Waals surface area contributed by atoms with Gasteiger partial charge >= 0.3 is 11.9 Å². The van der Waals surface area contributed by atoms with E-state index in [9.17, 15) is 28.8 Å². The second-order valence-electron chi connectivity index (χ2n) is 11.5. The average molecular weight is 802 g/mol. The number of benzene rings is 3. The summed E-state index contributed by atoms with van der Waals surface area (Å²) >= 11 is 1.08. The molecule has 1 saturated heterocycles. The van der Waals surface area contributed by atoms with Gasteiger partial charge in [0.2, 0.25) is 23.6 Å². The van der Waals surface area contributed by atoms with Gasteiger partial charge in [-0.25, -0.2) is 0 Å². The summed E-state index contributed by atoms with van der Waals surface area (Å²) in [5.41, 5.74) is 5.73. The molecule has 0 spiro atoms. The van der Waals surface area contributed by atoms with E-state index in [4.69, 9.17) is 5.73 Å². The molecule has 51 heavy (non-hydrogen) atoms. The first-order valence-corrected chi connectivity index (χ1v) is 19.1. The van der Waals surface area contributed by atoms with Crippen molar-refractivity contribution >= 4 is 70.5 Å². The first kappa shape index (κ1) is 41.3. The summed E-state index contributed by atoms with van der Waals surface area (Å²) in [6.07, 6.45) is 0.273. The Morgan fingerprint density at radius 1 is 0.882 bits per heavy atom. The number of carbonyl (C=O) groups is 6. The van der Waals surface area contributed by atoms with Crippen LogP contribution in [0.4, 0.5) is 0 Å². The van der Waals surface area contributed by atoms with Crippen molar-refractivity contribution in [2.24, 2.45) is 5.73 Å². The van der Waals surface area contributed by atoms with Gasteiger partial charge in [0.25, 0.3) is 0 Å². The summed E-state index contributed by atoms with van der Waals surface area (Å²) < 4.78 is 9.17. The summed E-state index contributed by atoms with van der Waals surface area (Å²) in [7, 11) is 0.0519. The SMILES string of the molecule is COC(=O)CNC(=O)C(CSC1CC(=O)N(CC[P+](c2ccccc2)(c2ccccc2)c2ccccc2)C1=O)NC(=O)CCC(N)C(=O)OC.[Br-]. The molecular formula is C36H42BrN4O8PS. The number of ether oxygens (including phenoxy) is 2.